The first-order chi connectivity index (χ1) is 18.8. The van der Waals surface area contributed by atoms with E-state index in [1.165, 1.54) is 32.7 Å². The van der Waals surface area contributed by atoms with Crippen LogP contribution in [0, 0.1) is 0 Å². The second-order valence-electron chi connectivity index (χ2n) is 9.93. The van der Waals surface area contributed by atoms with Crippen LogP contribution in [-0.4, -0.2) is 9.55 Å². The van der Waals surface area contributed by atoms with Crippen LogP contribution in [0.2, 0.25) is 0 Å². The lowest BCUT2D eigenvalue weighted by Gasteiger charge is -2.21. The molecule has 1 aromatic heterocycles. The Bertz CT molecular complexity index is 2050. The Kier molecular flexibility index (Phi) is 4.50. The maximum Gasteiger partial charge on any atom is 0.153 e. The fourth-order valence-corrected chi connectivity index (χ4v) is 5.82. The van der Waals surface area contributed by atoms with Gasteiger partial charge < -0.3 is 4.74 Å². The number of para-hydroxylation sites is 2. The van der Waals surface area contributed by atoms with Crippen molar-refractivity contribution in [2.75, 3.05) is 0 Å². The second kappa shape index (κ2) is 8.06. The van der Waals surface area contributed by atoms with Crippen LogP contribution in [0.15, 0.2) is 115 Å². The van der Waals surface area contributed by atoms with Crippen molar-refractivity contribution in [2.24, 2.45) is 0 Å². The van der Waals surface area contributed by atoms with Gasteiger partial charge in [0.2, 0.25) is 0 Å². The standard InChI is InChI=1S/C35H24N2O/c1-2-33-36-34-29(17-18-32-35(34)37(33)30-9-5-6-10-31(30)38-32)28-16-15-26-20-25(13-14-27(26)21-28)24-12-11-22-7-3-4-8-23(22)19-24/h3-21H,2H2,1H3. The molecule has 0 N–H and O–H groups in total. The number of benzene rings is 6. The molecule has 1 aliphatic rings. The van der Waals surface area contributed by atoms with Gasteiger partial charge in [0.1, 0.15) is 16.9 Å². The molecule has 0 amide bonds. The Labute approximate surface area is 220 Å². The fourth-order valence-electron chi connectivity index (χ4n) is 5.82. The molecule has 180 valence electrons. The van der Waals surface area contributed by atoms with E-state index in [4.69, 9.17) is 9.72 Å². The summed E-state index contributed by atoms with van der Waals surface area (Å²) < 4.78 is 8.56. The molecule has 0 unspecified atom stereocenters. The van der Waals surface area contributed by atoms with Crippen LogP contribution >= 0.6 is 0 Å². The molecular weight excluding hydrogens is 464 g/mol. The Morgan fingerprint density at radius 3 is 2.03 bits per heavy atom. The number of ether oxygens (including phenoxy) is 1. The normalized spacial score (nSPS) is 12.1. The molecular formula is C35H24N2O. The molecule has 1 aliphatic heterocycles. The first-order valence-electron chi connectivity index (χ1n) is 13.1. The highest BCUT2D eigenvalue weighted by Crippen LogP contribution is 2.44. The van der Waals surface area contributed by atoms with Gasteiger partial charge in [-0.3, -0.25) is 4.57 Å². The summed E-state index contributed by atoms with van der Waals surface area (Å²) in [4.78, 5) is 5.12. The number of hydrogen-bond acceptors (Lipinski definition) is 2. The Morgan fingerprint density at radius 2 is 1.24 bits per heavy atom. The monoisotopic (exact) mass is 488 g/mol. The zero-order valence-electron chi connectivity index (χ0n) is 21.0. The van der Waals surface area contributed by atoms with E-state index in [0.717, 1.165) is 51.6 Å². The first kappa shape index (κ1) is 21.2. The van der Waals surface area contributed by atoms with E-state index in [0.29, 0.717) is 0 Å². The van der Waals surface area contributed by atoms with Crippen molar-refractivity contribution in [1.29, 1.82) is 0 Å². The van der Waals surface area contributed by atoms with E-state index in [-0.39, 0.29) is 0 Å². The summed E-state index contributed by atoms with van der Waals surface area (Å²) in [6.07, 6.45) is 0.844. The van der Waals surface area contributed by atoms with Crippen molar-refractivity contribution in [3.8, 4) is 39.4 Å². The fraction of sp³-hybridized carbons (Fsp3) is 0.0571. The van der Waals surface area contributed by atoms with E-state index < -0.39 is 0 Å². The quantitative estimate of drug-likeness (QED) is 0.248. The summed E-state index contributed by atoms with van der Waals surface area (Å²) >= 11 is 0. The smallest absolute Gasteiger partial charge is 0.153 e. The third-order valence-electron chi connectivity index (χ3n) is 7.71. The summed E-state index contributed by atoms with van der Waals surface area (Å²) in [6.45, 7) is 2.16. The molecule has 6 aromatic carbocycles. The Hall–Kier alpha value is -4.89. The number of hydrogen-bond donors (Lipinski definition) is 0. The number of imidazole rings is 1. The van der Waals surface area contributed by atoms with Gasteiger partial charge in [-0.15, -0.1) is 0 Å². The molecule has 0 fully saturated rings. The molecule has 8 rings (SSSR count). The molecule has 7 aromatic rings. The van der Waals surface area contributed by atoms with Crippen molar-refractivity contribution in [2.45, 2.75) is 13.3 Å². The lowest BCUT2D eigenvalue weighted by molar-refractivity contribution is 0.474. The molecule has 0 spiro atoms. The molecule has 0 aliphatic carbocycles. The lowest BCUT2D eigenvalue weighted by Crippen LogP contribution is -2.06. The average Bonchev–Trinajstić information content (AvgIpc) is 3.37. The summed E-state index contributed by atoms with van der Waals surface area (Å²) in [6, 6.07) is 41.1. The molecule has 2 heterocycles. The SMILES string of the molecule is CCc1nc2c(-c3ccc4cc(-c5ccc6ccccc6c5)ccc4c3)ccc3c2n1-c1ccccc1O3. The van der Waals surface area contributed by atoms with E-state index in [1.54, 1.807) is 0 Å². The molecule has 3 heteroatoms. The van der Waals surface area contributed by atoms with Crippen molar-refractivity contribution in [1.82, 2.24) is 9.55 Å². The Morgan fingerprint density at radius 1 is 0.605 bits per heavy atom. The van der Waals surface area contributed by atoms with Gasteiger partial charge >= 0.3 is 0 Å². The lowest BCUT2D eigenvalue weighted by atomic mass is 9.96. The number of fused-ring (bicyclic) bond motifs is 4. The van der Waals surface area contributed by atoms with Crippen LogP contribution in [0.1, 0.15) is 12.7 Å². The first-order valence-corrected chi connectivity index (χ1v) is 13.1. The van der Waals surface area contributed by atoms with Crippen LogP contribution in [0.5, 0.6) is 11.5 Å². The van der Waals surface area contributed by atoms with Crippen molar-refractivity contribution >= 4 is 32.6 Å². The molecule has 38 heavy (non-hydrogen) atoms. The predicted octanol–water partition coefficient (Wildman–Crippen LogP) is 9.33. The van der Waals surface area contributed by atoms with Gasteiger partial charge in [-0.05, 0) is 80.7 Å². The average molecular weight is 489 g/mol. The number of nitrogens with zero attached hydrogens (tertiary/aromatic N) is 2. The van der Waals surface area contributed by atoms with Gasteiger partial charge in [0.05, 0.1) is 5.69 Å². The summed E-state index contributed by atoms with van der Waals surface area (Å²) in [7, 11) is 0. The van der Waals surface area contributed by atoms with Crippen LogP contribution in [0.4, 0.5) is 0 Å². The minimum Gasteiger partial charge on any atom is -0.453 e. The van der Waals surface area contributed by atoms with Crippen molar-refractivity contribution < 1.29 is 4.74 Å². The summed E-state index contributed by atoms with van der Waals surface area (Å²) in [5.41, 5.74) is 7.84. The second-order valence-corrected chi connectivity index (χ2v) is 9.93. The minimum atomic E-state index is 0.844. The molecule has 0 radical (unpaired) electrons. The van der Waals surface area contributed by atoms with Crippen LogP contribution in [0.25, 0.3) is 60.5 Å². The molecule has 3 nitrogen and oxygen atoms in total. The van der Waals surface area contributed by atoms with Gasteiger partial charge in [-0.2, -0.15) is 0 Å². The van der Waals surface area contributed by atoms with Gasteiger partial charge in [-0.1, -0.05) is 79.7 Å². The van der Waals surface area contributed by atoms with Crippen molar-refractivity contribution in [3.63, 3.8) is 0 Å². The zero-order valence-corrected chi connectivity index (χ0v) is 21.0. The summed E-state index contributed by atoms with van der Waals surface area (Å²) in [5.74, 6) is 2.77. The van der Waals surface area contributed by atoms with Crippen LogP contribution in [0.3, 0.4) is 0 Å². The maximum atomic E-state index is 6.29. The highest BCUT2D eigenvalue weighted by atomic mass is 16.5. The maximum absolute atomic E-state index is 6.29. The molecule has 0 bridgehead atoms. The number of rotatable bonds is 3. The predicted molar refractivity (Wildman–Crippen MR) is 156 cm³/mol. The zero-order chi connectivity index (χ0) is 25.2. The summed E-state index contributed by atoms with van der Waals surface area (Å²) in [5, 5.41) is 4.97. The third-order valence-corrected chi connectivity index (χ3v) is 7.71. The van der Waals surface area contributed by atoms with E-state index in [9.17, 15) is 0 Å². The van der Waals surface area contributed by atoms with Crippen LogP contribution < -0.4 is 4.74 Å². The van der Waals surface area contributed by atoms with Gasteiger partial charge in [-0.25, -0.2) is 4.98 Å². The highest BCUT2D eigenvalue weighted by molar-refractivity contribution is 6.01. The van der Waals surface area contributed by atoms with Gasteiger partial charge in [0.15, 0.2) is 11.5 Å². The molecule has 0 atom stereocenters. The topological polar surface area (TPSA) is 27.1 Å². The number of aromatic nitrogens is 2. The molecule has 0 saturated heterocycles. The largest absolute Gasteiger partial charge is 0.453 e. The van der Waals surface area contributed by atoms with E-state index in [1.807, 2.05) is 12.1 Å². The van der Waals surface area contributed by atoms with Crippen LogP contribution in [-0.2, 0) is 6.42 Å². The minimum absolute atomic E-state index is 0.844. The highest BCUT2D eigenvalue weighted by Gasteiger charge is 2.25. The number of aryl methyl sites for hydroxylation is 1. The molecule has 0 saturated carbocycles. The van der Waals surface area contributed by atoms with Gasteiger partial charge in [0, 0.05) is 12.0 Å². The van der Waals surface area contributed by atoms with E-state index in [2.05, 4.69) is 115 Å². The Balaban J connectivity index is 1.25. The third kappa shape index (κ3) is 3.12. The van der Waals surface area contributed by atoms with Crippen molar-refractivity contribution in [3.05, 3.63) is 121 Å². The van der Waals surface area contributed by atoms with Gasteiger partial charge in [0.25, 0.3) is 0 Å². The van der Waals surface area contributed by atoms with E-state index >= 15 is 0 Å².